The van der Waals surface area contributed by atoms with Crippen molar-refractivity contribution in [3.8, 4) is 5.75 Å². The molecule has 1 aromatic carbocycles. The first-order valence-corrected chi connectivity index (χ1v) is 5.59. The van der Waals surface area contributed by atoms with Gasteiger partial charge in [0.1, 0.15) is 17.9 Å². The van der Waals surface area contributed by atoms with Gasteiger partial charge in [-0.3, -0.25) is 4.68 Å². The number of anilines is 1. The summed E-state index contributed by atoms with van der Waals surface area (Å²) >= 11 is 0. The Labute approximate surface area is 100 Å². The van der Waals surface area contributed by atoms with Gasteiger partial charge in [-0.15, -0.1) is 0 Å². The third-order valence-electron chi connectivity index (χ3n) is 2.40. The highest BCUT2D eigenvalue weighted by Crippen LogP contribution is 2.17. The molecule has 0 saturated carbocycles. The van der Waals surface area contributed by atoms with Gasteiger partial charge in [0.25, 0.3) is 0 Å². The minimum absolute atomic E-state index is 0.645. The standard InChI is InChI=1S/C12H16N4O/c1-3-17-11-6-4-5-10(7-11)13-8-12-14-9-15-16(12)2/h4-7,9,13H,3,8H2,1-2H3. The van der Waals surface area contributed by atoms with Crippen molar-refractivity contribution < 1.29 is 4.74 Å². The Hall–Kier alpha value is -2.04. The number of hydrogen-bond donors (Lipinski definition) is 1. The maximum Gasteiger partial charge on any atom is 0.145 e. The average Bonchev–Trinajstić information content (AvgIpc) is 2.73. The summed E-state index contributed by atoms with van der Waals surface area (Å²) in [6, 6.07) is 7.87. The number of rotatable bonds is 5. The Morgan fingerprint density at radius 1 is 1.41 bits per heavy atom. The Morgan fingerprint density at radius 2 is 2.29 bits per heavy atom. The van der Waals surface area contributed by atoms with Crippen LogP contribution in [0.3, 0.4) is 0 Å². The van der Waals surface area contributed by atoms with Crippen LogP contribution in [0.15, 0.2) is 30.6 Å². The van der Waals surface area contributed by atoms with Crippen molar-refractivity contribution in [2.45, 2.75) is 13.5 Å². The van der Waals surface area contributed by atoms with E-state index in [0.29, 0.717) is 13.2 Å². The van der Waals surface area contributed by atoms with E-state index in [9.17, 15) is 0 Å². The predicted molar refractivity (Wildman–Crippen MR) is 65.9 cm³/mol. The van der Waals surface area contributed by atoms with Gasteiger partial charge >= 0.3 is 0 Å². The summed E-state index contributed by atoms with van der Waals surface area (Å²) in [7, 11) is 1.88. The Kier molecular flexibility index (Phi) is 3.59. The summed E-state index contributed by atoms with van der Waals surface area (Å²) in [5.41, 5.74) is 1.01. The first-order valence-electron chi connectivity index (χ1n) is 5.59. The van der Waals surface area contributed by atoms with Crippen LogP contribution in [0.2, 0.25) is 0 Å². The van der Waals surface area contributed by atoms with Crippen LogP contribution in [0, 0.1) is 0 Å². The summed E-state index contributed by atoms with van der Waals surface area (Å²) in [4.78, 5) is 4.15. The molecule has 90 valence electrons. The van der Waals surface area contributed by atoms with E-state index in [-0.39, 0.29) is 0 Å². The molecule has 0 fully saturated rings. The number of aryl methyl sites for hydroxylation is 1. The molecule has 2 aromatic rings. The summed E-state index contributed by atoms with van der Waals surface area (Å²) < 4.78 is 7.18. The van der Waals surface area contributed by atoms with Gasteiger partial charge in [0.15, 0.2) is 0 Å². The second-order valence-electron chi connectivity index (χ2n) is 3.61. The van der Waals surface area contributed by atoms with Crippen LogP contribution >= 0.6 is 0 Å². The van der Waals surface area contributed by atoms with Crippen molar-refractivity contribution in [3.05, 3.63) is 36.4 Å². The molecule has 17 heavy (non-hydrogen) atoms. The summed E-state index contributed by atoms with van der Waals surface area (Å²) in [5.74, 6) is 1.77. The van der Waals surface area contributed by atoms with Crippen LogP contribution in [0.4, 0.5) is 5.69 Å². The largest absolute Gasteiger partial charge is 0.494 e. The van der Waals surface area contributed by atoms with E-state index in [1.54, 1.807) is 11.0 Å². The molecule has 0 spiro atoms. The zero-order valence-electron chi connectivity index (χ0n) is 10.1. The monoisotopic (exact) mass is 232 g/mol. The lowest BCUT2D eigenvalue weighted by atomic mass is 10.3. The zero-order valence-corrected chi connectivity index (χ0v) is 10.1. The second-order valence-corrected chi connectivity index (χ2v) is 3.61. The van der Waals surface area contributed by atoms with Crippen LogP contribution in [-0.2, 0) is 13.6 Å². The van der Waals surface area contributed by atoms with Crippen molar-refractivity contribution in [2.24, 2.45) is 7.05 Å². The first kappa shape index (κ1) is 11.4. The van der Waals surface area contributed by atoms with E-state index in [0.717, 1.165) is 17.3 Å². The summed E-state index contributed by atoms with van der Waals surface area (Å²) in [5, 5.41) is 7.30. The molecule has 0 atom stereocenters. The average molecular weight is 232 g/mol. The first-order chi connectivity index (χ1) is 8.29. The minimum atomic E-state index is 0.645. The number of hydrogen-bond acceptors (Lipinski definition) is 4. The predicted octanol–water partition coefficient (Wildman–Crippen LogP) is 1.83. The number of aromatic nitrogens is 3. The fraction of sp³-hybridized carbons (Fsp3) is 0.333. The molecule has 0 aliphatic rings. The molecule has 1 heterocycles. The molecule has 1 N–H and O–H groups in total. The van der Waals surface area contributed by atoms with Crippen LogP contribution in [0.1, 0.15) is 12.7 Å². The molecule has 5 heteroatoms. The number of ether oxygens (including phenoxy) is 1. The molecule has 2 rings (SSSR count). The van der Waals surface area contributed by atoms with E-state index in [2.05, 4.69) is 15.4 Å². The fourth-order valence-electron chi connectivity index (χ4n) is 1.52. The van der Waals surface area contributed by atoms with Gasteiger partial charge in [0, 0.05) is 18.8 Å². The van der Waals surface area contributed by atoms with Gasteiger partial charge in [-0.05, 0) is 19.1 Å². The lowest BCUT2D eigenvalue weighted by Gasteiger charge is -2.08. The van der Waals surface area contributed by atoms with Crippen molar-refractivity contribution in [2.75, 3.05) is 11.9 Å². The van der Waals surface area contributed by atoms with Gasteiger partial charge in [-0.25, -0.2) is 4.98 Å². The molecule has 0 radical (unpaired) electrons. The fourth-order valence-corrected chi connectivity index (χ4v) is 1.52. The molecular formula is C12H16N4O. The van der Waals surface area contributed by atoms with Gasteiger partial charge in [-0.1, -0.05) is 6.07 Å². The molecule has 0 saturated heterocycles. The molecule has 5 nitrogen and oxygen atoms in total. The highest BCUT2D eigenvalue weighted by atomic mass is 16.5. The highest BCUT2D eigenvalue weighted by molar-refractivity contribution is 5.48. The molecule has 0 aliphatic heterocycles. The molecule has 0 aliphatic carbocycles. The van der Waals surface area contributed by atoms with E-state index in [1.165, 1.54) is 0 Å². The maximum atomic E-state index is 5.43. The van der Waals surface area contributed by atoms with Crippen LogP contribution in [0.5, 0.6) is 5.75 Å². The van der Waals surface area contributed by atoms with Crippen LogP contribution < -0.4 is 10.1 Å². The van der Waals surface area contributed by atoms with E-state index < -0.39 is 0 Å². The van der Waals surface area contributed by atoms with Crippen LogP contribution in [0.25, 0.3) is 0 Å². The van der Waals surface area contributed by atoms with E-state index in [1.807, 2.05) is 38.2 Å². The zero-order chi connectivity index (χ0) is 12.1. The van der Waals surface area contributed by atoms with Gasteiger partial charge < -0.3 is 10.1 Å². The molecule has 0 bridgehead atoms. The second kappa shape index (κ2) is 5.34. The van der Waals surface area contributed by atoms with Gasteiger partial charge in [0.2, 0.25) is 0 Å². The Morgan fingerprint density at radius 3 is 3.00 bits per heavy atom. The molecular weight excluding hydrogens is 216 g/mol. The third-order valence-corrected chi connectivity index (χ3v) is 2.40. The Bertz CT molecular complexity index is 481. The lowest BCUT2D eigenvalue weighted by Crippen LogP contribution is -2.06. The summed E-state index contributed by atoms with van der Waals surface area (Å²) in [6.07, 6.45) is 1.55. The van der Waals surface area contributed by atoms with E-state index >= 15 is 0 Å². The minimum Gasteiger partial charge on any atom is -0.494 e. The van der Waals surface area contributed by atoms with Crippen molar-refractivity contribution in [3.63, 3.8) is 0 Å². The number of nitrogens with zero attached hydrogens (tertiary/aromatic N) is 3. The lowest BCUT2D eigenvalue weighted by molar-refractivity contribution is 0.340. The normalized spacial score (nSPS) is 10.2. The van der Waals surface area contributed by atoms with Crippen molar-refractivity contribution >= 4 is 5.69 Å². The number of nitrogens with one attached hydrogen (secondary N) is 1. The van der Waals surface area contributed by atoms with Gasteiger partial charge in [0.05, 0.1) is 13.2 Å². The van der Waals surface area contributed by atoms with Crippen LogP contribution in [-0.4, -0.2) is 21.4 Å². The number of benzene rings is 1. The van der Waals surface area contributed by atoms with Crippen molar-refractivity contribution in [1.82, 2.24) is 14.8 Å². The van der Waals surface area contributed by atoms with Crippen molar-refractivity contribution in [1.29, 1.82) is 0 Å². The quantitative estimate of drug-likeness (QED) is 0.854. The Balaban J connectivity index is 1.99. The summed E-state index contributed by atoms with van der Waals surface area (Å²) in [6.45, 7) is 3.29. The maximum absolute atomic E-state index is 5.43. The molecule has 0 amide bonds. The highest BCUT2D eigenvalue weighted by Gasteiger charge is 2.00. The SMILES string of the molecule is CCOc1cccc(NCc2ncnn2C)c1. The van der Waals surface area contributed by atoms with E-state index in [4.69, 9.17) is 4.74 Å². The smallest absolute Gasteiger partial charge is 0.145 e. The molecule has 1 aromatic heterocycles. The molecule has 0 unspecified atom stereocenters. The topological polar surface area (TPSA) is 52.0 Å². The third kappa shape index (κ3) is 2.96. The van der Waals surface area contributed by atoms with Gasteiger partial charge in [-0.2, -0.15) is 5.10 Å².